The molecule has 1 N–H and O–H groups in total. The molecule has 0 bridgehead atoms. The van der Waals surface area contributed by atoms with Crippen LogP contribution in [-0.4, -0.2) is 43.7 Å². The molecular weight excluding hydrogens is 388 g/mol. The molecule has 0 radical (unpaired) electrons. The molecule has 1 amide bonds. The lowest BCUT2D eigenvalue weighted by Crippen LogP contribution is -2.38. The Morgan fingerprint density at radius 1 is 1.00 bits per heavy atom. The topological polar surface area (TPSA) is 50.8 Å². The first-order chi connectivity index (χ1) is 15.2. The zero-order valence-corrected chi connectivity index (χ0v) is 18.6. The van der Waals surface area contributed by atoms with Crippen molar-refractivity contribution >= 4 is 5.91 Å². The summed E-state index contributed by atoms with van der Waals surface area (Å²) in [6.07, 6.45) is 4.42. The second-order valence-electron chi connectivity index (χ2n) is 8.84. The van der Waals surface area contributed by atoms with E-state index < -0.39 is 0 Å². The van der Waals surface area contributed by atoms with Crippen molar-refractivity contribution in [3.63, 3.8) is 0 Å². The highest BCUT2D eigenvalue weighted by Crippen LogP contribution is 2.30. The van der Waals surface area contributed by atoms with Gasteiger partial charge in [0.15, 0.2) is 11.5 Å². The van der Waals surface area contributed by atoms with E-state index in [-0.39, 0.29) is 5.91 Å². The predicted molar refractivity (Wildman–Crippen MR) is 123 cm³/mol. The van der Waals surface area contributed by atoms with E-state index in [0.717, 1.165) is 68.9 Å². The number of nitrogens with one attached hydrogen (secondary N) is 1. The van der Waals surface area contributed by atoms with Crippen molar-refractivity contribution in [2.24, 2.45) is 5.92 Å². The van der Waals surface area contributed by atoms with E-state index in [1.54, 1.807) is 0 Å². The largest absolute Gasteiger partial charge is 0.490 e. The molecule has 0 unspecified atom stereocenters. The Balaban J connectivity index is 1.15. The molecule has 0 aromatic heterocycles. The van der Waals surface area contributed by atoms with Gasteiger partial charge in [-0.1, -0.05) is 35.9 Å². The average Bonchev–Trinajstić information content (AvgIpc) is 3.04. The lowest BCUT2D eigenvalue weighted by atomic mass is 9.96. The number of hydrogen-bond acceptors (Lipinski definition) is 4. The van der Waals surface area contributed by atoms with Crippen molar-refractivity contribution in [1.29, 1.82) is 0 Å². The van der Waals surface area contributed by atoms with Crippen molar-refractivity contribution in [3.05, 3.63) is 59.2 Å². The van der Waals surface area contributed by atoms with Crippen LogP contribution in [0.3, 0.4) is 0 Å². The van der Waals surface area contributed by atoms with E-state index >= 15 is 0 Å². The first kappa shape index (κ1) is 21.7. The molecule has 0 atom stereocenters. The highest BCUT2D eigenvalue weighted by molar-refractivity contribution is 5.76. The van der Waals surface area contributed by atoms with Gasteiger partial charge >= 0.3 is 0 Å². The van der Waals surface area contributed by atoms with Crippen LogP contribution in [0.1, 0.15) is 42.4 Å². The van der Waals surface area contributed by atoms with Crippen LogP contribution in [0.15, 0.2) is 42.5 Å². The Kier molecular flexibility index (Phi) is 7.47. The Morgan fingerprint density at radius 3 is 2.48 bits per heavy atom. The molecule has 2 aromatic rings. The Bertz CT molecular complexity index is 857. The lowest BCUT2D eigenvalue weighted by molar-refractivity contribution is -0.121. The van der Waals surface area contributed by atoms with Crippen LogP contribution >= 0.6 is 0 Å². The number of ether oxygens (including phenoxy) is 2. The Hall–Kier alpha value is -2.53. The van der Waals surface area contributed by atoms with Gasteiger partial charge in [-0.15, -0.1) is 0 Å². The van der Waals surface area contributed by atoms with E-state index in [1.807, 2.05) is 18.2 Å². The molecule has 1 saturated heterocycles. The van der Waals surface area contributed by atoms with Crippen molar-refractivity contribution < 1.29 is 14.3 Å². The number of carbonyl (C=O) groups is 1. The van der Waals surface area contributed by atoms with Gasteiger partial charge in [-0.3, -0.25) is 9.69 Å². The first-order valence-corrected chi connectivity index (χ1v) is 11.6. The molecule has 2 aliphatic heterocycles. The van der Waals surface area contributed by atoms with E-state index in [0.29, 0.717) is 25.6 Å². The number of fused-ring (bicyclic) bond motifs is 1. The minimum atomic E-state index is 0.134. The molecular formula is C26H34N2O3. The number of aryl methyl sites for hydroxylation is 2. The monoisotopic (exact) mass is 422 g/mol. The number of piperidine rings is 1. The molecule has 166 valence electrons. The molecule has 2 aromatic carbocycles. The first-order valence-electron chi connectivity index (χ1n) is 11.6. The third kappa shape index (κ3) is 6.47. The third-order valence-electron chi connectivity index (χ3n) is 6.27. The van der Waals surface area contributed by atoms with Gasteiger partial charge < -0.3 is 14.8 Å². The van der Waals surface area contributed by atoms with Crippen molar-refractivity contribution in [2.75, 3.05) is 32.8 Å². The standard InChI is InChI=1S/C26H34N2O3/c1-20-3-5-23(6-4-20)19-28-13-11-22(12-14-28)18-27-26(29)10-8-21-7-9-24-25(17-21)31-16-2-15-30-24/h3-7,9,17,22H,2,8,10-16,18-19H2,1H3,(H,27,29). The van der Waals surface area contributed by atoms with Gasteiger partial charge in [0.1, 0.15) is 0 Å². The van der Waals surface area contributed by atoms with Crippen molar-refractivity contribution in [3.8, 4) is 11.5 Å². The van der Waals surface area contributed by atoms with E-state index in [4.69, 9.17) is 9.47 Å². The van der Waals surface area contributed by atoms with Gasteiger partial charge in [0.2, 0.25) is 5.91 Å². The maximum Gasteiger partial charge on any atom is 0.220 e. The zero-order chi connectivity index (χ0) is 21.5. The Morgan fingerprint density at radius 2 is 1.71 bits per heavy atom. The summed E-state index contributed by atoms with van der Waals surface area (Å²) < 4.78 is 11.4. The molecule has 5 nitrogen and oxygen atoms in total. The summed E-state index contributed by atoms with van der Waals surface area (Å²) in [6.45, 7) is 7.52. The summed E-state index contributed by atoms with van der Waals surface area (Å²) in [4.78, 5) is 14.9. The van der Waals surface area contributed by atoms with E-state index in [2.05, 4.69) is 41.4 Å². The van der Waals surface area contributed by atoms with Gasteiger partial charge in [0.05, 0.1) is 13.2 Å². The van der Waals surface area contributed by atoms with Gasteiger partial charge in [-0.2, -0.15) is 0 Å². The summed E-state index contributed by atoms with van der Waals surface area (Å²) >= 11 is 0. The van der Waals surface area contributed by atoms with Crippen LogP contribution in [0.25, 0.3) is 0 Å². The fourth-order valence-electron chi connectivity index (χ4n) is 4.27. The van der Waals surface area contributed by atoms with Crippen LogP contribution in [-0.2, 0) is 17.8 Å². The highest BCUT2D eigenvalue weighted by atomic mass is 16.5. The molecule has 31 heavy (non-hydrogen) atoms. The second-order valence-corrected chi connectivity index (χ2v) is 8.84. The van der Waals surface area contributed by atoms with E-state index in [9.17, 15) is 4.79 Å². The smallest absolute Gasteiger partial charge is 0.220 e. The van der Waals surface area contributed by atoms with Gasteiger partial charge in [-0.25, -0.2) is 0 Å². The maximum atomic E-state index is 12.4. The quantitative estimate of drug-likeness (QED) is 0.729. The summed E-state index contributed by atoms with van der Waals surface area (Å²) in [6, 6.07) is 14.8. The number of nitrogens with zero attached hydrogens (tertiary/aromatic N) is 1. The summed E-state index contributed by atoms with van der Waals surface area (Å²) in [5.74, 6) is 2.32. The van der Waals surface area contributed by atoms with Crippen LogP contribution in [0.2, 0.25) is 0 Å². The van der Waals surface area contributed by atoms with Gasteiger partial charge in [-0.05, 0) is 68.5 Å². The molecule has 0 saturated carbocycles. The molecule has 4 rings (SSSR count). The molecule has 2 aliphatic rings. The Labute approximate surface area is 185 Å². The summed E-state index contributed by atoms with van der Waals surface area (Å²) in [5, 5.41) is 3.15. The maximum absolute atomic E-state index is 12.4. The number of carbonyl (C=O) groups excluding carboxylic acids is 1. The van der Waals surface area contributed by atoms with Crippen LogP contribution < -0.4 is 14.8 Å². The van der Waals surface area contributed by atoms with Crippen LogP contribution in [0.5, 0.6) is 11.5 Å². The molecule has 0 spiro atoms. The minimum absolute atomic E-state index is 0.134. The number of rotatable bonds is 7. The average molecular weight is 423 g/mol. The van der Waals surface area contributed by atoms with Gasteiger partial charge in [0.25, 0.3) is 0 Å². The van der Waals surface area contributed by atoms with E-state index in [1.165, 1.54) is 11.1 Å². The minimum Gasteiger partial charge on any atom is -0.490 e. The zero-order valence-electron chi connectivity index (χ0n) is 18.6. The SMILES string of the molecule is Cc1ccc(CN2CCC(CNC(=O)CCc3ccc4c(c3)OCCCO4)CC2)cc1. The highest BCUT2D eigenvalue weighted by Gasteiger charge is 2.20. The normalized spacial score (nSPS) is 17.2. The third-order valence-corrected chi connectivity index (χ3v) is 6.27. The molecule has 1 fully saturated rings. The van der Waals surface area contributed by atoms with Crippen LogP contribution in [0, 0.1) is 12.8 Å². The number of likely N-dealkylation sites (tertiary alicyclic amines) is 1. The lowest BCUT2D eigenvalue weighted by Gasteiger charge is -2.32. The fourth-order valence-corrected chi connectivity index (χ4v) is 4.27. The second kappa shape index (κ2) is 10.7. The molecule has 0 aliphatic carbocycles. The number of benzene rings is 2. The summed E-state index contributed by atoms with van der Waals surface area (Å²) in [7, 11) is 0. The summed E-state index contributed by atoms with van der Waals surface area (Å²) in [5.41, 5.74) is 3.80. The predicted octanol–water partition coefficient (Wildman–Crippen LogP) is 4.12. The fraction of sp³-hybridized carbons (Fsp3) is 0.500. The van der Waals surface area contributed by atoms with Crippen molar-refractivity contribution in [2.45, 2.75) is 45.6 Å². The molecule has 5 heteroatoms. The number of hydrogen-bond donors (Lipinski definition) is 1. The van der Waals surface area contributed by atoms with Gasteiger partial charge in [0, 0.05) is 25.9 Å². The van der Waals surface area contributed by atoms with Crippen LogP contribution in [0.4, 0.5) is 0 Å². The van der Waals surface area contributed by atoms with Crippen molar-refractivity contribution in [1.82, 2.24) is 10.2 Å². The number of amides is 1. The molecule has 2 heterocycles.